The first-order valence-electron chi connectivity index (χ1n) is 9.73. The van der Waals surface area contributed by atoms with Crippen LogP contribution in [0.2, 0.25) is 0 Å². The number of anilines is 1. The molecule has 0 saturated carbocycles. The lowest BCUT2D eigenvalue weighted by molar-refractivity contribution is 0.251. The number of aromatic nitrogens is 1. The Labute approximate surface area is 174 Å². The summed E-state index contributed by atoms with van der Waals surface area (Å²) in [7, 11) is 3.16. The van der Waals surface area contributed by atoms with Crippen molar-refractivity contribution in [3.63, 3.8) is 0 Å². The molecular formula is C22H25N3O3S. The SMILES string of the molecule is COc1ccc(NC(=O)NCc2c(-n3cccc3)sc3c2CCCC3)c(OC)c1. The van der Waals surface area contributed by atoms with E-state index in [0.717, 1.165) is 12.8 Å². The van der Waals surface area contributed by atoms with Crippen LogP contribution in [0.5, 0.6) is 11.5 Å². The minimum absolute atomic E-state index is 0.261. The number of methoxy groups -OCH3 is 2. The number of ether oxygens (including phenoxy) is 2. The molecule has 0 unspecified atom stereocenters. The molecule has 2 aromatic heterocycles. The lowest BCUT2D eigenvalue weighted by atomic mass is 9.95. The molecule has 1 aliphatic rings. The first kappa shape index (κ1) is 19.4. The number of amides is 2. The summed E-state index contributed by atoms with van der Waals surface area (Å²) < 4.78 is 12.7. The predicted molar refractivity (Wildman–Crippen MR) is 116 cm³/mol. The number of aryl methyl sites for hydroxylation is 1. The Bertz CT molecular complexity index is 995. The minimum atomic E-state index is -0.261. The van der Waals surface area contributed by atoms with E-state index >= 15 is 0 Å². The first-order chi connectivity index (χ1) is 14.2. The van der Waals surface area contributed by atoms with E-state index in [0.29, 0.717) is 23.7 Å². The quantitative estimate of drug-likeness (QED) is 0.615. The number of hydrogen-bond acceptors (Lipinski definition) is 4. The first-order valence-corrected chi connectivity index (χ1v) is 10.5. The summed E-state index contributed by atoms with van der Waals surface area (Å²) in [6.07, 6.45) is 8.77. The minimum Gasteiger partial charge on any atom is -0.497 e. The van der Waals surface area contributed by atoms with Crippen LogP contribution in [0.25, 0.3) is 5.00 Å². The molecule has 0 spiro atoms. The van der Waals surface area contributed by atoms with E-state index in [9.17, 15) is 4.79 Å². The summed E-state index contributed by atoms with van der Waals surface area (Å²) in [6.45, 7) is 0.490. The Morgan fingerprint density at radius 2 is 1.93 bits per heavy atom. The maximum Gasteiger partial charge on any atom is 0.319 e. The fraction of sp³-hybridized carbons (Fsp3) is 0.318. The van der Waals surface area contributed by atoms with Crippen LogP contribution in [0.4, 0.5) is 10.5 Å². The number of nitrogens with zero attached hydrogens (tertiary/aromatic N) is 1. The average molecular weight is 412 g/mol. The van der Waals surface area contributed by atoms with Crippen LogP contribution in [0.1, 0.15) is 28.8 Å². The molecule has 29 heavy (non-hydrogen) atoms. The number of nitrogens with one attached hydrogen (secondary N) is 2. The van der Waals surface area contributed by atoms with Crippen molar-refractivity contribution in [2.75, 3.05) is 19.5 Å². The summed E-state index contributed by atoms with van der Waals surface area (Å²) in [5.74, 6) is 1.23. The third-order valence-corrected chi connectivity index (χ3v) is 6.53. The van der Waals surface area contributed by atoms with E-state index < -0.39 is 0 Å². The van der Waals surface area contributed by atoms with E-state index in [1.807, 2.05) is 23.5 Å². The second kappa shape index (κ2) is 8.61. The Kier molecular flexibility index (Phi) is 5.76. The highest BCUT2D eigenvalue weighted by Gasteiger charge is 2.22. The number of carbonyl (C=O) groups excluding carboxylic acids is 1. The molecule has 1 aromatic carbocycles. The molecule has 0 atom stereocenters. The second-order valence-corrected chi connectivity index (χ2v) is 8.04. The van der Waals surface area contributed by atoms with E-state index in [2.05, 4.69) is 27.6 Å². The summed E-state index contributed by atoms with van der Waals surface area (Å²) in [5, 5.41) is 7.10. The highest BCUT2D eigenvalue weighted by atomic mass is 32.1. The molecule has 0 radical (unpaired) electrons. The summed E-state index contributed by atoms with van der Waals surface area (Å²) >= 11 is 1.84. The molecule has 0 bridgehead atoms. The Balaban J connectivity index is 1.51. The van der Waals surface area contributed by atoms with Crippen molar-refractivity contribution in [1.82, 2.24) is 9.88 Å². The number of rotatable bonds is 6. The van der Waals surface area contributed by atoms with Gasteiger partial charge in [-0.05, 0) is 55.5 Å². The monoisotopic (exact) mass is 411 g/mol. The van der Waals surface area contributed by atoms with Gasteiger partial charge in [0, 0.05) is 35.4 Å². The van der Waals surface area contributed by atoms with E-state index in [-0.39, 0.29) is 6.03 Å². The molecule has 0 saturated heterocycles. The maximum atomic E-state index is 12.6. The molecule has 6 nitrogen and oxygen atoms in total. The van der Waals surface area contributed by atoms with Gasteiger partial charge < -0.3 is 24.7 Å². The number of thiophene rings is 1. The number of urea groups is 1. The molecule has 4 rings (SSSR count). The van der Waals surface area contributed by atoms with Gasteiger partial charge in [-0.3, -0.25) is 0 Å². The average Bonchev–Trinajstić information content (AvgIpc) is 3.40. The van der Waals surface area contributed by atoms with Crippen molar-refractivity contribution in [2.45, 2.75) is 32.2 Å². The zero-order valence-electron chi connectivity index (χ0n) is 16.7. The molecule has 2 amide bonds. The lowest BCUT2D eigenvalue weighted by Crippen LogP contribution is -2.29. The fourth-order valence-electron chi connectivity index (χ4n) is 3.71. The van der Waals surface area contributed by atoms with Gasteiger partial charge in [-0.1, -0.05) is 0 Å². The fourth-order valence-corrected chi connectivity index (χ4v) is 5.09. The van der Waals surface area contributed by atoms with Gasteiger partial charge in [0.2, 0.25) is 0 Å². The van der Waals surface area contributed by atoms with Crippen molar-refractivity contribution < 1.29 is 14.3 Å². The molecular weight excluding hydrogens is 386 g/mol. The van der Waals surface area contributed by atoms with Gasteiger partial charge in [-0.25, -0.2) is 4.79 Å². The van der Waals surface area contributed by atoms with Crippen molar-refractivity contribution in [3.8, 4) is 16.5 Å². The third-order valence-electron chi connectivity index (χ3n) is 5.18. The van der Waals surface area contributed by atoms with Gasteiger partial charge in [0.15, 0.2) is 0 Å². The van der Waals surface area contributed by atoms with E-state index in [4.69, 9.17) is 9.47 Å². The van der Waals surface area contributed by atoms with Crippen molar-refractivity contribution >= 4 is 23.1 Å². The van der Waals surface area contributed by atoms with Crippen LogP contribution in [0, 0.1) is 0 Å². The van der Waals surface area contributed by atoms with Crippen LogP contribution in [0.15, 0.2) is 42.7 Å². The number of benzene rings is 1. The molecule has 0 fully saturated rings. The molecule has 7 heteroatoms. The van der Waals surface area contributed by atoms with Gasteiger partial charge >= 0.3 is 6.03 Å². The second-order valence-electron chi connectivity index (χ2n) is 6.96. The molecule has 152 valence electrons. The topological polar surface area (TPSA) is 64.5 Å². The molecule has 0 aliphatic heterocycles. The third kappa shape index (κ3) is 4.10. The van der Waals surface area contributed by atoms with Crippen LogP contribution in [-0.4, -0.2) is 24.8 Å². The van der Waals surface area contributed by atoms with Crippen LogP contribution in [0.3, 0.4) is 0 Å². The van der Waals surface area contributed by atoms with Crippen molar-refractivity contribution in [2.24, 2.45) is 0 Å². The standard InChI is InChI=1S/C22H25N3O3S/c1-27-15-9-10-18(19(13-15)28-2)24-22(26)23-14-17-16-7-3-4-8-20(16)29-21(17)25-11-5-6-12-25/h5-6,9-13H,3-4,7-8,14H2,1-2H3,(H2,23,24,26). The maximum absolute atomic E-state index is 12.6. The Morgan fingerprint density at radius 3 is 2.69 bits per heavy atom. The Morgan fingerprint density at radius 1 is 1.14 bits per heavy atom. The Hall–Kier alpha value is -2.93. The highest BCUT2D eigenvalue weighted by Crippen LogP contribution is 2.37. The van der Waals surface area contributed by atoms with Gasteiger partial charge in [0.05, 0.1) is 19.9 Å². The zero-order valence-corrected chi connectivity index (χ0v) is 17.5. The lowest BCUT2D eigenvalue weighted by Gasteiger charge is -2.15. The van der Waals surface area contributed by atoms with Crippen LogP contribution >= 0.6 is 11.3 Å². The van der Waals surface area contributed by atoms with Crippen LogP contribution < -0.4 is 20.1 Å². The number of hydrogen-bond donors (Lipinski definition) is 2. The van der Waals surface area contributed by atoms with E-state index in [1.165, 1.54) is 33.8 Å². The summed E-state index contributed by atoms with van der Waals surface area (Å²) in [5.41, 5.74) is 3.23. The number of fused-ring (bicyclic) bond motifs is 1. The largest absolute Gasteiger partial charge is 0.497 e. The van der Waals surface area contributed by atoms with Gasteiger partial charge in [-0.2, -0.15) is 0 Å². The molecule has 3 aromatic rings. The van der Waals surface area contributed by atoms with Crippen LogP contribution in [-0.2, 0) is 19.4 Å². The highest BCUT2D eigenvalue weighted by molar-refractivity contribution is 7.14. The predicted octanol–water partition coefficient (Wildman–Crippen LogP) is 4.76. The molecule has 2 heterocycles. The van der Waals surface area contributed by atoms with Gasteiger partial charge in [0.1, 0.15) is 16.5 Å². The zero-order chi connectivity index (χ0) is 20.2. The normalized spacial score (nSPS) is 12.9. The molecule has 2 N–H and O–H groups in total. The number of carbonyl (C=O) groups is 1. The summed E-state index contributed by atoms with van der Waals surface area (Å²) in [6, 6.07) is 9.10. The van der Waals surface area contributed by atoms with Crippen molar-refractivity contribution in [3.05, 3.63) is 58.7 Å². The van der Waals surface area contributed by atoms with E-state index in [1.54, 1.807) is 32.4 Å². The smallest absolute Gasteiger partial charge is 0.319 e. The molecule has 1 aliphatic carbocycles. The summed E-state index contributed by atoms with van der Waals surface area (Å²) in [4.78, 5) is 14.0. The van der Waals surface area contributed by atoms with Crippen molar-refractivity contribution in [1.29, 1.82) is 0 Å². The van der Waals surface area contributed by atoms with Gasteiger partial charge in [-0.15, -0.1) is 11.3 Å². The van der Waals surface area contributed by atoms with Gasteiger partial charge in [0.25, 0.3) is 0 Å².